The fourth-order valence-corrected chi connectivity index (χ4v) is 3.13. The number of benzene rings is 1. The van der Waals surface area contributed by atoms with Gasteiger partial charge in [-0.15, -0.1) is 0 Å². The molecular formula is C21H21N5O. The number of hydrogen-bond acceptors (Lipinski definition) is 5. The van der Waals surface area contributed by atoms with Gasteiger partial charge in [0.15, 0.2) is 0 Å². The van der Waals surface area contributed by atoms with Gasteiger partial charge in [0.25, 0.3) is 0 Å². The van der Waals surface area contributed by atoms with Crippen LogP contribution in [0, 0.1) is 27.7 Å². The molecule has 3 aromatic heterocycles. The van der Waals surface area contributed by atoms with Crippen molar-refractivity contribution in [2.45, 2.75) is 34.2 Å². The molecule has 0 bridgehead atoms. The summed E-state index contributed by atoms with van der Waals surface area (Å²) in [4.78, 5) is 9.07. The van der Waals surface area contributed by atoms with E-state index in [9.17, 15) is 0 Å². The lowest BCUT2D eigenvalue weighted by molar-refractivity contribution is 0.391. The molecule has 0 radical (unpaired) electrons. The molecule has 0 fully saturated rings. The Morgan fingerprint density at radius 3 is 2.59 bits per heavy atom. The van der Waals surface area contributed by atoms with Gasteiger partial charge in [0.2, 0.25) is 0 Å². The lowest BCUT2D eigenvalue weighted by Crippen LogP contribution is -2.02. The Balaban J connectivity index is 1.65. The molecule has 4 rings (SSSR count). The van der Waals surface area contributed by atoms with Gasteiger partial charge in [-0.05, 0) is 39.8 Å². The van der Waals surface area contributed by atoms with Crippen LogP contribution in [0.3, 0.4) is 0 Å². The number of aryl methyl sites for hydroxylation is 4. The Hall–Kier alpha value is -3.28. The van der Waals surface area contributed by atoms with Crippen molar-refractivity contribution >= 4 is 0 Å². The van der Waals surface area contributed by atoms with Crippen molar-refractivity contribution in [1.82, 2.24) is 24.9 Å². The average molecular weight is 359 g/mol. The Bertz CT molecular complexity index is 1090. The van der Waals surface area contributed by atoms with Crippen molar-refractivity contribution in [3.63, 3.8) is 0 Å². The molecule has 6 nitrogen and oxygen atoms in total. The molecule has 4 aromatic rings. The monoisotopic (exact) mass is 359 g/mol. The summed E-state index contributed by atoms with van der Waals surface area (Å²) in [5.41, 5.74) is 7.72. The molecule has 0 aliphatic rings. The summed E-state index contributed by atoms with van der Waals surface area (Å²) in [6.45, 7) is 8.45. The molecule has 0 N–H and O–H groups in total. The molecule has 136 valence electrons. The van der Waals surface area contributed by atoms with Crippen molar-refractivity contribution in [3.05, 3.63) is 71.1 Å². The third-order valence-electron chi connectivity index (χ3n) is 4.65. The summed E-state index contributed by atoms with van der Waals surface area (Å²) in [6.07, 6.45) is 3.77. The summed E-state index contributed by atoms with van der Waals surface area (Å²) in [7, 11) is 0. The van der Waals surface area contributed by atoms with E-state index in [1.165, 1.54) is 0 Å². The number of aromatic nitrogens is 5. The van der Waals surface area contributed by atoms with E-state index in [-0.39, 0.29) is 0 Å². The first-order chi connectivity index (χ1) is 13.0. The van der Waals surface area contributed by atoms with Gasteiger partial charge in [0, 0.05) is 29.1 Å². The molecule has 0 saturated heterocycles. The van der Waals surface area contributed by atoms with Gasteiger partial charge in [-0.2, -0.15) is 5.10 Å². The lowest BCUT2D eigenvalue weighted by atomic mass is 10.0. The van der Waals surface area contributed by atoms with E-state index in [0.29, 0.717) is 6.54 Å². The quantitative estimate of drug-likeness (QED) is 0.544. The summed E-state index contributed by atoms with van der Waals surface area (Å²) < 4.78 is 7.15. The summed E-state index contributed by atoms with van der Waals surface area (Å²) in [5.74, 6) is 0.833. The van der Waals surface area contributed by atoms with Crippen LogP contribution in [0.25, 0.3) is 22.5 Å². The van der Waals surface area contributed by atoms with Crippen LogP contribution in [-0.4, -0.2) is 24.9 Å². The molecule has 0 unspecified atom stereocenters. The first-order valence-corrected chi connectivity index (χ1v) is 8.87. The second-order valence-electron chi connectivity index (χ2n) is 6.73. The maximum Gasteiger partial charge on any atom is 0.138 e. The highest BCUT2D eigenvalue weighted by atomic mass is 16.5. The first kappa shape index (κ1) is 17.1. The van der Waals surface area contributed by atoms with Crippen LogP contribution in [0.15, 0.2) is 47.2 Å². The van der Waals surface area contributed by atoms with Gasteiger partial charge in [0.1, 0.15) is 5.76 Å². The number of nitrogens with zero attached hydrogens (tertiary/aromatic N) is 5. The van der Waals surface area contributed by atoms with E-state index in [4.69, 9.17) is 9.62 Å². The van der Waals surface area contributed by atoms with Gasteiger partial charge in [0.05, 0.1) is 35.0 Å². The Morgan fingerprint density at radius 1 is 1.00 bits per heavy atom. The second-order valence-corrected chi connectivity index (χ2v) is 6.73. The zero-order chi connectivity index (χ0) is 19.0. The Morgan fingerprint density at radius 2 is 1.81 bits per heavy atom. The zero-order valence-electron chi connectivity index (χ0n) is 15.9. The SMILES string of the molecule is Cc1cnc(C)c(-c2cccc(-c3ccn(Cc4c(C)noc4C)n3)c2)n1. The molecular weight excluding hydrogens is 338 g/mol. The standard InChI is InChI=1S/C21H21N5O/c1-13-11-22-15(3)21(23-13)18-7-5-6-17(10-18)20-8-9-26(24-20)12-19-14(2)25-27-16(19)4/h5-11H,12H2,1-4H3. The van der Waals surface area contributed by atoms with Crippen LogP contribution in [0.5, 0.6) is 0 Å². The minimum Gasteiger partial charge on any atom is -0.361 e. The van der Waals surface area contributed by atoms with Gasteiger partial charge in [-0.3, -0.25) is 9.67 Å². The summed E-state index contributed by atoms with van der Waals surface area (Å²) in [5, 5.41) is 8.73. The van der Waals surface area contributed by atoms with Crippen molar-refractivity contribution in [2.75, 3.05) is 0 Å². The highest BCUT2D eigenvalue weighted by Crippen LogP contribution is 2.26. The van der Waals surface area contributed by atoms with Crippen LogP contribution >= 0.6 is 0 Å². The van der Waals surface area contributed by atoms with E-state index < -0.39 is 0 Å². The predicted molar refractivity (Wildman–Crippen MR) is 103 cm³/mol. The van der Waals surface area contributed by atoms with E-state index in [1.54, 1.807) is 6.20 Å². The predicted octanol–water partition coefficient (Wildman–Crippen LogP) is 4.28. The highest BCUT2D eigenvalue weighted by Gasteiger charge is 2.12. The largest absolute Gasteiger partial charge is 0.361 e. The Labute approximate surface area is 157 Å². The lowest BCUT2D eigenvalue weighted by Gasteiger charge is -2.07. The molecule has 1 aromatic carbocycles. The molecule has 6 heteroatoms. The van der Waals surface area contributed by atoms with E-state index in [1.807, 2.05) is 50.7 Å². The number of rotatable bonds is 4. The number of hydrogen-bond donors (Lipinski definition) is 0. The Kier molecular flexibility index (Phi) is 4.32. The van der Waals surface area contributed by atoms with Crippen LogP contribution in [0.4, 0.5) is 0 Å². The van der Waals surface area contributed by atoms with Crippen LogP contribution in [-0.2, 0) is 6.54 Å². The second kappa shape index (κ2) is 6.79. The average Bonchev–Trinajstić information content (AvgIpc) is 3.26. The van der Waals surface area contributed by atoms with Gasteiger partial charge < -0.3 is 4.52 Å². The van der Waals surface area contributed by atoms with Crippen LogP contribution < -0.4 is 0 Å². The normalized spacial score (nSPS) is 11.1. The van der Waals surface area contributed by atoms with Crippen LogP contribution in [0.2, 0.25) is 0 Å². The van der Waals surface area contributed by atoms with Gasteiger partial charge >= 0.3 is 0 Å². The van der Waals surface area contributed by atoms with Crippen molar-refractivity contribution in [1.29, 1.82) is 0 Å². The molecule has 0 spiro atoms. The zero-order valence-corrected chi connectivity index (χ0v) is 15.9. The molecule has 27 heavy (non-hydrogen) atoms. The first-order valence-electron chi connectivity index (χ1n) is 8.87. The fourth-order valence-electron chi connectivity index (χ4n) is 3.13. The third-order valence-corrected chi connectivity index (χ3v) is 4.65. The molecule has 0 amide bonds. The molecule has 0 atom stereocenters. The minimum absolute atomic E-state index is 0.642. The minimum atomic E-state index is 0.642. The maximum atomic E-state index is 5.24. The van der Waals surface area contributed by atoms with Crippen LogP contribution in [0.1, 0.15) is 28.4 Å². The highest BCUT2D eigenvalue weighted by molar-refractivity contribution is 5.70. The van der Waals surface area contributed by atoms with Crippen molar-refractivity contribution < 1.29 is 4.52 Å². The smallest absolute Gasteiger partial charge is 0.138 e. The molecule has 0 aliphatic carbocycles. The van der Waals surface area contributed by atoms with Gasteiger partial charge in [-0.25, -0.2) is 4.98 Å². The van der Waals surface area contributed by atoms with Gasteiger partial charge in [-0.1, -0.05) is 23.4 Å². The van der Waals surface area contributed by atoms with Crippen molar-refractivity contribution in [2.24, 2.45) is 0 Å². The third kappa shape index (κ3) is 3.38. The van der Waals surface area contributed by atoms with E-state index in [2.05, 4.69) is 33.3 Å². The molecule has 0 aliphatic heterocycles. The summed E-state index contributed by atoms with van der Waals surface area (Å²) >= 11 is 0. The summed E-state index contributed by atoms with van der Waals surface area (Å²) in [6, 6.07) is 10.3. The molecule has 3 heterocycles. The maximum absolute atomic E-state index is 5.24. The molecule has 0 saturated carbocycles. The van der Waals surface area contributed by atoms with E-state index >= 15 is 0 Å². The van der Waals surface area contributed by atoms with E-state index in [0.717, 1.165) is 50.9 Å². The topological polar surface area (TPSA) is 69.6 Å². The van der Waals surface area contributed by atoms with Crippen molar-refractivity contribution in [3.8, 4) is 22.5 Å². The fraction of sp³-hybridized carbons (Fsp3) is 0.238.